The molecule has 9 heteroatoms. The molecule has 0 radical (unpaired) electrons. The average molecular weight is 465 g/mol. The van der Waals surface area contributed by atoms with Gasteiger partial charge in [-0.15, -0.1) is 0 Å². The minimum absolute atomic E-state index is 0.472. The van der Waals surface area contributed by atoms with Crippen molar-refractivity contribution in [1.29, 1.82) is 0 Å². The van der Waals surface area contributed by atoms with Gasteiger partial charge in [-0.1, -0.05) is 35.3 Å². The Hall–Kier alpha value is -2.48. The quantitative estimate of drug-likeness (QED) is 0.467. The van der Waals surface area contributed by atoms with Crippen LogP contribution in [-0.4, -0.2) is 35.7 Å². The molecule has 3 rings (SSSR count). The molecule has 0 spiro atoms. The monoisotopic (exact) mass is 464 g/mol. The summed E-state index contributed by atoms with van der Waals surface area (Å²) in [5.74, 6) is 1.42. The van der Waals surface area contributed by atoms with Gasteiger partial charge < -0.3 is 20.1 Å². The Bertz CT molecular complexity index is 1010. The van der Waals surface area contributed by atoms with Crippen molar-refractivity contribution in [3.63, 3.8) is 0 Å². The summed E-state index contributed by atoms with van der Waals surface area (Å²) in [5.41, 5.74) is 2.72. The Morgan fingerprint density at radius 1 is 1.10 bits per heavy atom. The van der Waals surface area contributed by atoms with Gasteiger partial charge in [-0.25, -0.2) is 0 Å². The summed E-state index contributed by atoms with van der Waals surface area (Å²) >= 11 is 17.8. The number of hydrogen-bond acceptors (Lipinski definition) is 4. The first-order chi connectivity index (χ1) is 14.5. The van der Waals surface area contributed by atoms with Crippen molar-refractivity contribution < 1.29 is 9.47 Å². The molecule has 2 aromatic carbocycles. The highest BCUT2D eigenvalue weighted by Crippen LogP contribution is 2.27. The largest absolute Gasteiger partial charge is 0.493 e. The number of hydrogen-bond donors (Lipinski definition) is 2. The Morgan fingerprint density at radius 2 is 1.83 bits per heavy atom. The predicted octanol–water partition coefficient (Wildman–Crippen LogP) is 4.78. The van der Waals surface area contributed by atoms with Gasteiger partial charge in [-0.2, -0.15) is 5.10 Å². The maximum atomic E-state index is 6.23. The topological polar surface area (TPSA) is 60.3 Å². The summed E-state index contributed by atoms with van der Waals surface area (Å²) in [6, 6.07) is 11.3. The van der Waals surface area contributed by atoms with Crippen LogP contribution in [0, 0.1) is 0 Å². The van der Waals surface area contributed by atoms with Crippen molar-refractivity contribution in [3.05, 3.63) is 70.0 Å². The van der Waals surface area contributed by atoms with Crippen LogP contribution < -0.4 is 20.1 Å². The summed E-state index contributed by atoms with van der Waals surface area (Å²) in [4.78, 5) is 0. The molecule has 0 aliphatic heterocycles. The van der Waals surface area contributed by atoms with Gasteiger partial charge in [0.1, 0.15) is 0 Å². The van der Waals surface area contributed by atoms with Crippen molar-refractivity contribution in [2.75, 3.05) is 26.1 Å². The molecule has 0 amide bonds. The number of thiocarbonyl (C=S) groups is 1. The lowest BCUT2D eigenvalue weighted by atomic mass is 10.1. The second-order valence-electron chi connectivity index (χ2n) is 6.45. The van der Waals surface area contributed by atoms with Crippen LogP contribution in [0.4, 0.5) is 5.69 Å². The van der Waals surface area contributed by atoms with E-state index in [1.807, 2.05) is 42.6 Å². The number of rotatable bonds is 8. The highest BCUT2D eigenvalue weighted by Gasteiger charge is 2.08. The molecule has 0 unspecified atom stereocenters. The summed E-state index contributed by atoms with van der Waals surface area (Å²) in [7, 11) is 3.24. The third-order valence-corrected chi connectivity index (χ3v) is 5.37. The molecule has 1 aromatic heterocycles. The maximum absolute atomic E-state index is 6.23. The molecular formula is C21H22Cl2N4O2S. The highest BCUT2D eigenvalue weighted by atomic mass is 35.5. The van der Waals surface area contributed by atoms with Gasteiger partial charge in [0, 0.05) is 28.4 Å². The maximum Gasteiger partial charge on any atom is 0.170 e. The van der Waals surface area contributed by atoms with E-state index in [1.165, 1.54) is 0 Å². The molecule has 3 aromatic rings. The van der Waals surface area contributed by atoms with Crippen LogP contribution in [0.3, 0.4) is 0 Å². The number of halogens is 2. The van der Waals surface area contributed by atoms with E-state index in [-0.39, 0.29) is 0 Å². The van der Waals surface area contributed by atoms with Gasteiger partial charge in [0.25, 0.3) is 0 Å². The minimum Gasteiger partial charge on any atom is -0.493 e. The van der Waals surface area contributed by atoms with Crippen LogP contribution in [-0.2, 0) is 13.0 Å². The Kier molecular flexibility index (Phi) is 7.79. The number of aromatic nitrogens is 2. The molecule has 2 N–H and O–H groups in total. The van der Waals surface area contributed by atoms with E-state index in [1.54, 1.807) is 25.1 Å². The number of anilines is 1. The van der Waals surface area contributed by atoms with Gasteiger partial charge in [-0.3, -0.25) is 4.68 Å². The summed E-state index contributed by atoms with van der Waals surface area (Å²) < 4.78 is 12.3. The zero-order valence-electron chi connectivity index (χ0n) is 16.6. The molecule has 0 atom stereocenters. The van der Waals surface area contributed by atoms with E-state index in [2.05, 4.69) is 15.7 Å². The second kappa shape index (κ2) is 10.5. The van der Waals surface area contributed by atoms with Crippen molar-refractivity contribution in [1.82, 2.24) is 15.1 Å². The Labute approximate surface area is 191 Å². The lowest BCUT2D eigenvalue weighted by Crippen LogP contribution is -2.30. The fourth-order valence-electron chi connectivity index (χ4n) is 2.89. The SMILES string of the molecule is COc1ccc(CCNC(=S)Nc2cnn(Cc3c(Cl)cccc3Cl)c2)cc1OC. The number of nitrogens with one attached hydrogen (secondary N) is 2. The smallest absolute Gasteiger partial charge is 0.170 e. The third-order valence-electron chi connectivity index (χ3n) is 4.42. The van der Waals surface area contributed by atoms with Crippen LogP contribution in [0.2, 0.25) is 10.0 Å². The lowest BCUT2D eigenvalue weighted by Gasteiger charge is -2.11. The van der Waals surface area contributed by atoms with Crippen LogP contribution in [0.25, 0.3) is 0 Å². The van der Waals surface area contributed by atoms with Crippen molar-refractivity contribution in [2.24, 2.45) is 0 Å². The van der Waals surface area contributed by atoms with E-state index in [0.717, 1.165) is 23.2 Å². The molecule has 0 aliphatic rings. The van der Waals surface area contributed by atoms with Gasteiger partial charge in [0.15, 0.2) is 16.6 Å². The lowest BCUT2D eigenvalue weighted by molar-refractivity contribution is 0.354. The second-order valence-corrected chi connectivity index (χ2v) is 7.67. The van der Waals surface area contributed by atoms with E-state index in [9.17, 15) is 0 Å². The number of ether oxygens (including phenoxy) is 2. The fourth-order valence-corrected chi connectivity index (χ4v) is 3.63. The fraction of sp³-hybridized carbons (Fsp3) is 0.238. The predicted molar refractivity (Wildman–Crippen MR) is 125 cm³/mol. The number of nitrogens with zero attached hydrogens (tertiary/aromatic N) is 2. The first kappa shape index (κ1) is 22.2. The van der Waals surface area contributed by atoms with Crippen molar-refractivity contribution >= 4 is 46.2 Å². The zero-order valence-corrected chi connectivity index (χ0v) is 18.9. The molecular weight excluding hydrogens is 443 g/mol. The first-order valence-corrected chi connectivity index (χ1v) is 10.4. The van der Waals surface area contributed by atoms with Gasteiger partial charge in [0.2, 0.25) is 0 Å². The number of methoxy groups -OCH3 is 2. The molecule has 158 valence electrons. The van der Waals surface area contributed by atoms with E-state index in [0.29, 0.717) is 39.7 Å². The van der Waals surface area contributed by atoms with Crippen LogP contribution >= 0.6 is 35.4 Å². The van der Waals surface area contributed by atoms with Gasteiger partial charge in [0.05, 0.1) is 32.6 Å². The van der Waals surface area contributed by atoms with Crippen LogP contribution in [0.5, 0.6) is 11.5 Å². The van der Waals surface area contributed by atoms with Gasteiger partial charge >= 0.3 is 0 Å². The molecule has 0 saturated heterocycles. The number of benzene rings is 2. The Balaban J connectivity index is 1.50. The van der Waals surface area contributed by atoms with E-state index in [4.69, 9.17) is 44.9 Å². The van der Waals surface area contributed by atoms with Crippen LogP contribution in [0.15, 0.2) is 48.8 Å². The Morgan fingerprint density at radius 3 is 2.53 bits per heavy atom. The third kappa shape index (κ3) is 5.78. The molecule has 30 heavy (non-hydrogen) atoms. The van der Waals surface area contributed by atoms with Gasteiger partial charge in [-0.05, 0) is 48.5 Å². The van der Waals surface area contributed by atoms with Crippen molar-refractivity contribution in [2.45, 2.75) is 13.0 Å². The molecule has 0 saturated carbocycles. The normalized spacial score (nSPS) is 10.5. The summed E-state index contributed by atoms with van der Waals surface area (Å²) in [6.45, 7) is 1.14. The molecule has 0 bridgehead atoms. The standard InChI is InChI=1S/C21H22Cl2N4O2S/c1-28-19-7-6-14(10-20(19)29-2)8-9-24-21(30)26-15-11-25-27(12-15)13-16-17(22)4-3-5-18(16)23/h3-7,10-12H,8-9,13H2,1-2H3,(H2,24,26,30). The highest BCUT2D eigenvalue weighted by molar-refractivity contribution is 7.80. The van der Waals surface area contributed by atoms with E-state index < -0.39 is 0 Å². The molecule has 0 aliphatic carbocycles. The molecule has 6 nitrogen and oxygen atoms in total. The van der Waals surface area contributed by atoms with Crippen molar-refractivity contribution in [3.8, 4) is 11.5 Å². The van der Waals surface area contributed by atoms with Crippen LogP contribution in [0.1, 0.15) is 11.1 Å². The first-order valence-electron chi connectivity index (χ1n) is 9.21. The zero-order chi connectivity index (χ0) is 21.5. The summed E-state index contributed by atoms with van der Waals surface area (Å²) in [5, 5.41) is 12.4. The molecule has 1 heterocycles. The molecule has 0 fully saturated rings. The average Bonchev–Trinajstić information content (AvgIpc) is 3.17. The van der Waals surface area contributed by atoms with E-state index >= 15 is 0 Å². The minimum atomic E-state index is 0.472. The summed E-state index contributed by atoms with van der Waals surface area (Å²) in [6.07, 6.45) is 4.33.